The number of carbonyl (C=O) groups excluding carboxylic acids is 2. The van der Waals surface area contributed by atoms with E-state index in [1.807, 2.05) is 0 Å². The van der Waals surface area contributed by atoms with Crippen molar-refractivity contribution >= 4 is 12.0 Å². The number of hydrogen-bond donors (Lipinski definition) is 2. The molecule has 0 aliphatic rings. The van der Waals surface area contributed by atoms with Crippen LogP contribution in [0.3, 0.4) is 0 Å². The van der Waals surface area contributed by atoms with E-state index in [0.29, 0.717) is 27.9 Å². The predicted molar refractivity (Wildman–Crippen MR) is 120 cm³/mol. The van der Waals surface area contributed by atoms with E-state index in [1.54, 1.807) is 57.2 Å². The molecule has 2 amide bonds. The first-order valence-corrected chi connectivity index (χ1v) is 10.3. The topological polar surface area (TPSA) is 94.3 Å². The molecule has 1 heterocycles. The van der Waals surface area contributed by atoms with Gasteiger partial charge >= 0.3 is 6.09 Å². The summed E-state index contributed by atoms with van der Waals surface area (Å²) in [6.07, 6.45) is -0.166. The number of amides is 2. The fourth-order valence-corrected chi connectivity index (χ4v) is 3.36. The molecule has 0 fully saturated rings. The Morgan fingerprint density at radius 1 is 1.06 bits per heavy atom. The van der Waals surface area contributed by atoms with Gasteiger partial charge in [0, 0.05) is 35.3 Å². The molecule has 0 aliphatic carbocycles. The summed E-state index contributed by atoms with van der Waals surface area (Å²) >= 11 is 0. The summed E-state index contributed by atoms with van der Waals surface area (Å²) < 4.78 is 33.3. The van der Waals surface area contributed by atoms with Gasteiger partial charge in [-0.25, -0.2) is 13.6 Å². The first-order valence-electron chi connectivity index (χ1n) is 10.3. The molecule has 33 heavy (non-hydrogen) atoms. The minimum absolute atomic E-state index is 0.0221. The van der Waals surface area contributed by atoms with Crippen molar-refractivity contribution in [3.8, 4) is 11.1 Å². The van der Waals surface area contributed by atoms with Crippen LogP contribution in [0.25, 0.3) is 11.1 Å². The number of halogens is 2. The Morgan fingerprint density at radius 2 is 1.76 bits per heavy atom. The average Bonchev–Trinajstić information content (AvgIpc) is 2.71. The first kappa shape index (κ1) is 23.8. The maximum Gasteiger partial charge on any atom is 0.408 e. The van der Waals surface area contributed by atoms with Gasteiger partial charge in [0.05, 0.1) is 5.69 Å². The lowest BCUT2D eigenvalue weighted by molar-refractivity contribution is 0.0890. The van der Waals surface area contributed by atoms with E-state index in [2.05, 4.69) is 10.3 Å². The molecule has 3 N–H and O–H groups in total. The summed E-state index contributed by atoms with van der Waals surface area (Å²) in [7, 11) is 0. The molecule has 0 spiro atoms. The quantitative estimate of drug-likeness (QED) is 0.553. The Hall–Kier alpha value is -3.81. The molecule has 172 valence electrons. The van der Waals surface area contributed by atoms with E-state index in [0.717, 1.165) is 6.07 Å². The molecule has 0 saturated carbocycles. The fourth-order valence-electron chi connectivity index (χ4n) is 3.36. The molecule has 1 atom stereocenters. The summed E-state index contributed by atoms with van der Waals surface area (Å²) in [5.74, 6) is -2.06. The van der Waals surface area contributed by atoms with Crippen LogP contribution in [-0.4, -0.2) is 22.5 Å². The lowest BCUT2D eigenvalue weighted by Crippen LogP contribution is -2.41. The summed E-state index contributed by atoms with van der Waals surface area (Å²) in [4.78, 5) is 28.6. The molecule has 8 heteroatoms. The van der Waals surface area contributed by atoms with Gasteiger partial charge in [-0.3, -0.25) is 9.78 Å². The van der Waals surface area contributed by atoms with E-state index in [9.17, 15) is 18.4 Å². The maximum atomic E-state index is 13.8. The predicted octanol–water partition coefficient (Wildman–Crippen LogP) is 4.93. The number of carbonyl (C=O) groups is 2. The lowest BCUT2D eigenvalue weighted by Gasteiger charge is -2.25. The summed E-state index contributed by atoms with van der Waals surface area (Å²) in [6.45, 7) is 5.40. The molecule has 3 aromatic rings. The molecule has 1 aromatic heterocycles. The summed E-state index contributed by atoms with van der Waals surface area (Å²) in [6, 6.07) is 13.2. The van der Waals surface area contributed by atoms with Gasteiger partial charge in [0.15, 0.2) is 6.10 Å². The third-order valence-electron chi connectivity index (χ3n) is 4.67. The smallest absolute Gasteiger partial charge is 0.408 e. The third kappa shape index (κ3) is 6.58. The number of aromatic nitrogens is 1. The van der Waals surface area contributed by atoms with Gasteiger partial charge in [0.2, 0.25) is 5.91 Å². The van der Waals surface area contributed by atoms with Crippen LogP contribution in [0, 0.1) is 11.6 Å². The van der Waals surface area contributed by atoms with E-state index in [4.69, 9.17) is 10.5 Å². The number of benzene rings is 2. The number of rotatable bonds is 6. The average molecular weight is 453 g/mol. The highest BCUT2D eigenvalue weighted by molar-refractivity contribution is 5.94. The van der Waals surface area contributed by atoms with E-state index < -0.39 is 35.3 Å². The van der Waals surface area contributed by atoms with Crippen LogP contribution < -0.4 is 11.1 Å². The second-order valence-corrected chi connectivity index (χ2v) is 8.63. The Morgan fingerprint density at radius 3 is 2.39 bits per heavy atom. The van der Waals surface area contributed by atoms with Crippen LogP contribution in [0.15, 0.2) is 60.8 Å². The van der Waals surface area contributed by atoms with Gasteiger partial charge < -0.3 is 15.8 Å². The number of nitrogens with zero attached hydrogens (tertiary/aromatic N) is 1. The Bertz CT molecular complexity index is 1160. The van der Waals surface area contributed by atoms with Crippen molar-refractivity contribution in [1.82, 2.24) is 10.3 Å². The van der Waals surface area contributed by atoms with Crippen LogP contribution in [0.2, 0.25) is 0 Å². The van der Waals surface area contributed by atoms with E-state index in [1.165, 1.54) is 18.3 Å². The zero-order valence-corrected chi connectivity index (χ0v) is 18.6. The number of nitrogens with one attached hydrogen (secondary N) is 1. The molecule has 0 radical (unpaired) electrons. The van der Waals surface area contributed by atoms with E-state index in [-0.39, 0.29) is 6.42 Å². The van der Waals surface area contributed by atoms with Crippen molar-refractivity contribution in [2.75, 3.05) is 0 Å². The zero-order chi connectivity index (χ0) is 24.2. The molecule has 0 bridgehead atoms. The van der Waals surface area contributed by atoms with Crippen molar-refractivity contribution < 1.29 is 23.1 Å². The van der Waals surface area contributed by atoms with Crippen LogP contribution in [-0.2, 0) is 11.2 Å². The van der Waals surface area contributed by atoms with E-state index >= 15 is 0 Å². The Labute approximate surface area is 190 Å². The number of pyridine rings is 1. The van der Waals surface area contributed by atoms with Crippen molar-refractivity contribution in [3.63, 3.8) is 0 Å². The molecule has 0 saturated heterocycles. The van der Waals surface area contributed by atoms with Gasteiger partial charge in [-0.1, -0.05) is 18.2 Å². The lowest BCUT2D eigenvalue weighted by atomic mass is 9.96. The van der Waals surface area contributed by atoms with Crippen molar-refractivity contribution in [2.45, 2.75) is 38.8 Å². The summed E-state index contributed by atoms with van der Waals surface area (Å²) in [5.41, 5.74) is 7.04. The highest BCUT2D eigenvalue weighted by Gasteiger charge is 2.25. The van der Waals surface area contributed by atoms with Crippen LogP contribution in [0.5, 0.6) is 0 Å². The third-order valence-corrected chi connectivity index (χ3v) is 4.67. The van der Waals surface area contributed by atoms with Gasteiger partial charge in [0.1, 0.15) is 11.6 Å². The normalized spacial score (nSPS) is 12.2. The molecule has 0 unspecified atom stereocenters. The highest BCUT2D eigenvalue weighted by Crippen LogP contribution is 2.31. The Kier molecular flexibility index (Phi) is 7.06. The van der Waals surface area contributed by atoms with Gasteiger partial charge in [-0.15, -0.1) is 0 Å². The molecule has 0 aliphatic heterocycles. The van der Waals surface area contributed by atoms with Gasteiger partial charge in [-0.2, -0.15) is 0 Å². The standard InChI is InChI=1S/C25H25F2N3O3/c1-25(2,3)30-24(32)33-21(12-15-10-18(26)14-19(27)11-15)22-20(8-5-9-29-22)16-6-4-7-17(13-16)23(28)31/h4-11,13-14,21H,12H2,1-3H3,(H2,28,31)(H,30,32)/t21-/m0/s1. The molecular formula is C25H25F2N3O3. The van der Waals surface area contributed by atoms with Gasteiger partial charge in [0.25, 0.3) is 0 Å². The number of alkyl carbamates (subject to hydrolysis) is 1. The SMILES string of the molecule is CC(C)(C)NC(=O)O[C@@H](Cc1cc(F)cc(F)c1)c1ncccc1-c1cccc(C(N)=O)c1. The Balaban J connectivity index is 2.05. The maximum absolute atomic E-state index is 13.8. The molecule has 3 rings (SSSR count). The minimum Gasteiger partial charge on any atom is -0.439 e. The second-order valence-electron chi connectivity index (χ2n) is 8.63. The zero-order valence-electron chi connectivity index (χ0n) is 18.6. The fraction of sp³-hybridized carbons (Fsp3) is 0.240. The number of nitrogens with two attached hydrogens (primary N) is 1. The first-order chi connectivity index (χ1) is 15.5. The highest BCUT2D eigenvalue weighted by atomic mass is 19.1. The number of ether oxygens (including phenoxy) is 1. The second kappa shape index (κ2) is 9.77. The van der Waals surface area contributed by atoms with Crippen LogP contribution >= 0.6 is 0 Å². The largest absolute Gasteiger partial charge is 0.439 e. The molecule has 2 aromatic carbocycles. The van der Waals surface area contributed by atoms with Crippen molar-refractivity contribution in [2.24, 2.45) is 5.73 Å². The monoisotopic (exact) mass is 453 g/mol. The van der Waals surface area contributed by atoms with Crippen molar-refractivity contribution in [3.05, 3.63) is 89.2 Å². The summed E-state index contributed by atoms with van der Waals surface area (Å²) in [5, 5.41) is 2.71. The number of hydrogen-bond acceptors (Lipinski definition) is 4. The van der Waals surface area contributed by atoms with Gasteiger partial charge in [-0.05, 0) is 62.2 Å². The van der Waals surface area contributed by atoms with Crippen LogP contribution in [0.1, 0.15) is 48.5 Å². The molecule has 6 nitrogen and oxygen atoms in total. The molecular weight excluding hydrogens is 428 g/mol. The van der Waals surface area contributed by atoms with Crippen molar-refractivity contribution in [1.29, 1.82) is 0 Å². The minimum atomic E-state index is -0.970. The van der Waals surface area contributed by atoms with Crippen LogP contribution in [0.4, 0.5) is 13.6 Å². The number of primary amides is 1.